The molecule has 4 saturated carbocycles. The Labute approximate surface area is 257 Å². The van der Waals surface area contributed by atoms with Crippen molar-refractivity contribution in [1.82, 2.24) is 4.72 Å². The summed E-state index contributed by atoms with van der Waals surface area (Å²) in [6, 6.07) is 8.36. The van der Waals surface area contributed by atoms with Crippen molar-refractivity contribution in [3.63, 3.8) is 0 Å². The highest BCUT2D eigenvalue weighted by Crippen LogP contribution is 2.67. The van der Waals surface area contributed by atoms with Gasteiger partial charge in [0, 0.05) is 11.3 Å². The molecule has 228 valence electrons. The number of carbonyl (C=O) groups is 1. The normalized spacial score (nSPS) is 33.5. The van der Waals surface area contributed by atoms with E-state index in [1.54, 1.807) is 12.2 Å². The van der Waals surface area contributed by atoms with Crippen molar-refractivity contribution >= 4 is 17.9 Å². The van der Waals surface area contributed by atoms with Gasteiger partial charge in [0.05, 0.1) is 0 Å². The van der Waals surface area contributed by atoms with E-state index in [9.17, 15) is 4.79 Å². The molecule has 4 fully saturated rings. The molecule has 1 aromatic rings. The highest BCUT2D eigenvalue weighted by atomic mass is 32.2. The lowest BCUT2D eigenvalue weighted by molar-refractivity contribution is -0.119. The zero-order chi connectivity index (χ0) is 29.9. The van der Waals surface area contributed by atoms with Crippen LogP contribution < -0.4 is 4.72 Å². The molecule has 0 saturated heterocycles. The average Bonchev–Trinajstić information content (AvgIpc) is 3.33. The largest absolute Gasteiger partial charge is 0.296 e. The highest BCUT2D eigenvalue weighted by molar-refractivity contribution is 7.98. The zero-order valence-corrected chi connectivity index (χ0v) is 27.7. The Bertz CT molecular complexity index is 988. The van der Waals surface area contributed by atoms with Gasteiger partial charge in [-0.05, 0) is 136 Å². The van der Waals surface area contributed by atoms with Crippen molar-refractivity contribution in [2.45, 2.75) is 123 Å². The maximum Gasteiger partial charge on any atom is 0.230 e. The van der Waals surface area contributed by atoms with Crippen LogP contribution in [0.15, 0.2) is 66.6 Å². The molecule has 2 nitrogen and oxygen atoms in total. The molecular formula is C38H59NOS. The smallest absolute Gasteiger partial charge is 0.230 e. The molecule has 3 heteroatoms. The van der Waals surface area contributed by atoms with E-state index in [-0.39, 0.29) is 5.91 Å². The molecule has 4 aliphatic carbocycles. The summed E-state index contributed by atoms with van der Waals surface area (Å²) in [6.07, 6.45) is 24.8. The van der Waals surface area contributed by atoms with Gasteiger partial charge in [0.2, 0.25) is 5.91 Å². The van der Waals surface area contributed by atoms with E-state index in [4.69, 9.17) is 0 Å². The summed E-state index contributed by atoms with van der Waals surface area (Å²) in [5.41, 5.74) is 2.43. The quantitative estimate of drug-likeness (QED) is 0.246. The minimum absolute atomic E-state index is 0.188. The van der Waals surface area contributed by atoms with Crippen LogP contribution in [0.4, 0.5) is 0 Å². The molecule has 5 rings (SSSR count). The second kappa shape index (κ2) is 16.2. The molecule has 0 aromatic heterocycles. The fraction of sp³-hybridized carbons (Fsp3) is 0.658. The minimum atomic E-state index is 0.188. The predicted molar refractivity (Wildman–Crippen MR) is 180 cm³/mol. The number of hydrogen-bond donors (Lipinski definition) is 1. The summed E-state index contributed by atoms with van der Waals surface area (Å²) < 4.78 is 3.06. The van der Waals surface area contributed by atoms with E-state index < -0.39 is 0 Å². The summed E-state index contributed by atoms with van der Waals surface area (Å²) in [5.74, 6) is 4.97. The second-order valence-corrected chi connectivity index (χ2v) is 14.3. The first-order valence-electron chi connectivity index (χ1n) is 16.7. The Kier molecular flexibility index (Phi) is 13.3. The molecule has 1 amide bonds. The van der Waals surface area contributed by atoms with E-state index in [0.29, 0.717) is 17.3 Å². The summed E-state index contributed by atoms with van der Waals surface area (Å²) >= 11 is 1.46. The Morgan fingerprint density at radius 2 is 1.59 bits per heavy atom. The monoisotopic (exact) mass is 577 g/mol. The first-order valence-corrected chi connectivity index (χ1v) is 17.6. The van der Waals surface area contributed by atoms with E-state index in [2.05, 4.69) is 62.9 Å². The SMILES string of the molecule is C=C/C=C\C=C.CC.Cc1ccc(SNC(=O)CCCC2CCC3C4CCC5CCCCC5(C)C4CCC23C)cc1. The van der Waals surface area contributed by atoms with Crippen LogP contribution in [0.25, 0.3) is 0 Å². The van der Waals surface area contributed by atoms with Crippen molar-refractivity contribution in [1.29, 1.82) is 0 Å². The van der Waals surface area contributed by atoms with Gasteiger partial charge >= 0.3 is 0 Å². The van der Waals surface area contributed by atoms with Gasteiger partial charge in [-0.1, -0.05) is 95.7 Å². The van der Waals surface area contributed by atoms with Crippen molar-refractivity contribution < 1.29 is 4.79 Å². The van der Waals surface area contributed by atoms with Gasteiger partial charge < -0.3 is 0 Å². The number of rotatable bonds is 8. The topological polar surface area (TPSA) is 29.1 Å². The summed E-state index contributed by atoms with van der Waals surface area (Å²) in [6.45, 7) is 18.4. The molecule has 0 spiro atoms. The van der Waals surface area contributed by atoms with Crippen molar-refractivity contribution in [3.05, 3.63) is 67.3 Å². The summed E-state index contributed by atoms with van der Waals surface area (Å²) in [4.78, 5) is 13.6. The molecule has 0 heterocycles. The number of benzene rings is 1. The number of amides is 1. The average molecular weight is 578 g/mol. The van der Waals surface area contributed by atoms with Gasteiger partial charge in [-0.3, -0.25) is 9.52 Å². The molecule has 1 N–H and O–H groups in total. The number of fused-ring (bicyclic) bond motifs is 5. The predicted octanol–water partition coefficient (Wildman–Crippen LogP) is 11.3. The number of carbonyl (C=O) groups excluding carboxylic acids is 1. The van der Waals surface area contributed by atoms with Gasteiger partial charge in [0.25, 0.3) is 0 Å². The zero-order valence-electron chi connectivity index (χ0n) is 26.9. The van der Waals surface area contributed by atoms with Gasteiger partial charge in [-0.15, -0.1) is 0 Å². The molecule has 7 atom stereocenters. The fourth-order valence-corrected chi connectivity index (χ4v) is 9.92. The summed E-state index contributed by atoms with van der Waals surface area (Å²) in [7, 11) is 0. The van der Waals surface area contributed by atoms with Gasteiger partial charge in [0.1, 0.15) is 0 Å². The van der Waals surface area contributed by atoms with Gasteiger partial charge in [-0.25, -0.2) is 0 Å². The third-order valence-electron chi connectivity index (χ3n) is 11.4. The number of aryl methyl sites for hydroxylation is 1. The van der Waals surface area contributed by atoms with Crippen molar-refractivity contribution in [2.75, 3.05) is 0 Å². The van der Waals surface area contributed by atoms with Gasteiger partial charge in [0.15, 0.2) is 0 Å². The lowest BCUT2D eigenvalue weighted by Gasteiger charge is -2.60. The fourth-order valence-electron chi connectivity index (χ4n) is 9.32. The van der Waals surface area contributed by atoms with E-state index in [1.165, 1.54) is 88.1 Å². The molecule has 41 heavy (non-hydrogen) atoms. The number of allylic oxidation sites excluding steroid dienone is 4. The maximum absolute atomic E-state index is 12.4. The Balaban J connectivity index is 0.000000515. The van der Waals surface area contributed by atoms with E-state index in [0.717, 1.165) is 40.9 Å². The number of nitrogens with one attached hydrogen (secondary N) is 1. The first-order chi connectivity index (χ1) is 19.8. The molecular weight excluding hydrogens is 518 g/mol. The van der Waals surface area contributed by atoms with Crippen LogP contribution >= 0.6 is 11.9 Å². The van der Waals surface area contributed by atoms with Crippen LogP contribution in [0.1, 0.15) is 117 Å². The Morgan fingerprint density at radius 3 is 2.27 bits per heavy atom. The minimum Gasteiger partial charge on any atom is -0.296 e. The lowest BCUT2D eigenvalue weighted by Crippen LogP contribution is -2.52. The molecule has 0 bridgehead atoms. The van der Waals surface area contributed by atoms with E-state index >= 15 is 0 Å². The molecule has 0 aliphatic heterocycles. The Hall–Kier alpha value is -1.74. The third-order valence-corrected chi connectivity index (χ3v) is 12.3. The van der Waals surface area contributed by atoms with Crippen LogP contribution in [0, 0.1) is 47.3 Å². The summed E-state index contributed by atoms with van der Waals surface area (Å²) in [5, 5.41) is 0. The lowest BCUT2D eigenvalue weighted by atomic mass is 9.45. The van der Waals surface area contributed by atoms with Crippen molar-refractivity contribution in [2.24, 2.45) is 40.4 Å². The van der Waals surface area contributed by atoms with Crippen LogP contribution in [-0.4, -0.2) is 5.91 Å². The van der Waals surface area contributed by atoms with Crippen LogP contribution in [0.5, 0.6) is 0 Å². The highest BCUT2D eigenvalue weighted by Gasteiger charge is 2.59. The standard InChI is InChI=1S/C30H45NOS.C6H8.C2H6/c1-21-10-14-24(15-11-21)33-31-28(32)9-6-8-23-13-17-26-25-16-12-22-7-4-5-19-29(22,2)27(25)18-20-30(23,26)3;1-3-5-6-4-2;1-2/h10-11,14-15,22-23,25-27H,4-9,12-13,16-20H2,1-3H3,(H,31,32);3-6H,1-2H2;1-2H3/b;6-5-;. The van der Waals surface area contributed by atoms with Crippen molar-refractivity contribution in [3.8, 4) is 0 Å². The molecule has 4 aliphatic rings. The van der Waals surface area contributed by atoms with Crippen LogP contribution in [0.2, 0.25) is 0 Å². The third kappa shape index (κ3) is 8.21. The number of hydrogen-bond acceptors (Lipinski definition) is 2. The van der Waals surface area contributed by atoms with Crippen LogP contribution in [-0.2, 0) is 4.79 Å². The molecule has 7 unspecified atom stereocenters. The first kappa shape index (κ1) is 33.8. The second-order valence-electron chi connectivity index (χ2n) is 13.4. The molecule has 1 aromatic carbocycles. The van der Waals surface area contributed by atoms with E-state index in [1.807, 2.05) is 26.0 Å². The van der Waals surface area contributed by atoms with Gasteiger partial charge in [-0.2, -0.15) is 0 Å². The van der Waals surface area contributed by atoms with Crippen LogP contribution in [0.3, 0.4) is 0 Å². The molecule has 0 radical (unpaired) electrons. The Morgan fingerprint density at radius 1 is 0.902 bits per heavy atom. The maximum atomic E-state index is 12.4.